The number of hydrogen-bond donors (Lipinski definition) is 2. The van der Waals surface area contributed by atoms with Crippen molar-refractivity contribution >= 4 is 72.5 Å². The van der Waals surface area contributed by atoms with Crippen molar-refractivity contribution in [3.05, 3.63) is 121 Å². The molecule has 0 fully saturated rings. The zero-order valence-corrected chi connectivity index (χ0v) is 24.4. The van der Waals surface area contributed by atoms with E-state index in [2.05, 4.69) is 47.4 Å². The number of ether oxygens (including phenoxy) is 1. The zero-order chi connectivity index (χ0) is 27.5. The first kappa shape index (κ1) is 26.9. The molecule has 39 heavy (non-hydrogen) atoms. The Bertz CT molecular complexity index is 1750. The van der Waals surface area contributed by atoms with Crippen molar-refractivity contribution in [3.8, 4) is 16.9 Å². The summed E-state index contributed by atoms with van der Waals surface area (Å²) in [5.74, 6) is -0.806. The minimum atomic E-state index is -0.622. The summed E-state index contributed by atoms with van der Waals surface area (Å²) in [6, 6.07) is 25.7. The molecule has 2 N–H and O–H groups in total. The van der Waals surface area contributed by atoms with Gasteiger partial charge in [0.15, 0.2) is 5.75 Å². The summed E-state index contributed by atoms with van der Waals surface area (Å²) in [6.07, 6.45) is 1.42. The lowest BCUT2D eigenvalue weighted by Crippen LogP contribution is -2.19. The molecule has 6 nitrogen and oxygen atoms in total. The van der Waals surface area contributed by atoms with Crippen molar-refractivity contribution in [2.24, 2.45) is 5.10 Å². The number of H-pyrrole nitrogens is 1. The van der Waals surface area contributed by atoms with Crippen LogP contribution >= 0.6 is 43.5 Å². The number of aromatic amines is 1. The molecule has 9 heteroatoms. The third-order valence-electron chi connectivity index (χ3n) is 6.03. The molecule has 0 aliphatic heterocycles. The number of nitrogens with one attached hydrogen (secondary N) is 2. The van der Waals surface area contributed by atoms with Crippen LogP contribution in [0.2, 0.25) is 5.02 Å². The largest absolute Gasteiger partial charge is 0.421 e. The third-order valence-corrected chi connectivity index (χ3v) is 7.40. The third kappa shape index (κ3) is 5.68. The van der Waals surface area contributed by atoms with Crippen LogP contribution in [-0.2, 0) is 0 Å². The Hall–Kier alpha value is -3.72. The predicted molar refractivity (Wildman–Crippen MR) is 162 cm³/mol. The molecule has 0 aliphatic rings. The molecular weight excluding hydrogens is 646 g/mol. The van der Waals surface area contributed by atoms with Crippen LogP contribution in [0.4, 0.5) is 0 Å². The van der Waals surface area contributed by atoms with Crippen molar-refractivity contribution in [2.45, 2.75) is 6.92 Å². The number of fused-ring (bicyclic) bond motifs is 1. The van der Waals surface area contributed by atoms with Gasteiger partial charge in [0, 0.05) is 26.5 Å². The summed E-state index contributed by atoms with van der Waals surface area (Å²) >= 11 is 13.1. The Labute approximate surface area is 246 Å². The van der Waals surface area contributed by atoms with E-state index in [0.29, 0.717) is 15.7 Å². The lowest BCUT2D eigenvalue weighted by atomic mass is 10.0. The van der Waals surface area contributed by atoms with Crippen LogP contribution < -0.4 is 10.2 Å². The number of esters is 1. The van der Waals surface area contributed by atoms with Gasteiger partial charge < -0.3 is 9.72 Å². The summed E-state index contributed by atoms with van der Waals surface area (Å²) in [6.45, 7) is 1.99. The highest BCUT2D eigenvalue weighted by atomic mass is 79.9. The molecule has 4 aromatic carbocycles. The Morgan fingerprint density at radius 1 is 0.974 bits per heavy atom. The van der Waals surface area contributed by atoms with E-state index in [-0.39, 0.29) is 16.3 Å². The molecule has 0 aliphatic carbocycles. The number of carbonyl (C=O) groups excluding carboxylic acids is 2. The van der Waals surface area contributed by atoms with Gasteiger partial charge in [0.1, 0.15) is 5.69 Å². The van der Waals surface area contributed by atoms with E-state index in [1.807, 2.05) is 55.5 Å². The highest BCUT2D eigenvalue weighted by Gasteiger charge is 2.20. The van der Waals surface area contributed by atoms with Gasteiger partial charge in [-0.15, -0.1) is 0 Å². The number of hydrazone groups is 1. The molecule has 0 atom stereocenters. The van der Waals surface area contributed by atoms with Crippen molar-refractivity contribution in [1.29, 1.82) is 0 Å². The minimum absolute atomic E-state index is 0.229. The maximum Gasteiger partial charge on any atom is 0.345 e. The van der Waals surface area contributed by atoms with E-state index < -0.39 is 11.9 Å². The van der Waals surface area contributed by atoms with Crippen LogP contribution in [0.1, 0.15) is 32.0 Å². The van der Waals surface area contributed by atoms with E-state index in [9.17, 15) is 9.59 Å². The van der Waals surface area contributed by atoms with Gasteiger partial charge in [-0.2, -0.15) is 5.10 Å². The molecule has 0 radical (unpaired) electrons. The average Bonchev–Trinajstić information content (AvgIpc) is 3.32. The molecule has 5 rings (SSSR count). The lowest BCUT2D eigenvalue weighted by Gasteiger charge is -2.11. The van der Waals surface area contributed by atoms with Gasteiger partial charge in [0.05, 0.1) is 21.3 Å². The number of carbonyl (C=O) groups is 2. The molecular formula is C30H20Br2ClN3O3. The Morgan fingerprint density at radius 3 is 2.49 bits per heavy atom. The number of hydrogen-bond acceptors (Lipinski definition) is 4. The molecule has 194 valence electrons. The first-order valence-corrected chi connectivity index (χ1v) is 13.8. The lowest BCUT2D eigenvalue weighted by molar-refractivity contribution is 0.0733. The van der Waals surface area contributed by atoms with E-state index in [1.54, 1.807) is 36.4 Å². The number of rotatable bonds is 6. The molecule has 0 saturated carbocycles. The summed E-state index contributed by atoms with van der Waals surface area (Å²) in [7, 11) is 0. The second-order valence-electron chi connectivity index (χ2n) is 8.61. The van der Waals surface area contributed by atoms with Gasteiger partial charge in [-0.05, 0) is 58.2 Å². The van der Waals surface area contributed by atoms with Gasteiger partial charge in [-0.3, -0.25) is 4.79 Å². The van der Waals surface area contributed by atoms with Crippen molar-refractivity contribution < 1.29 is 14.3 Å². The van der Waals surface area contributed by atoms with E-state index in [0.717, 1.165) is 32.1 Å². The predicted octanol–water partition coefficient (Wildman–Crippen LogP) is 8.30. The van der Waals surface area contributed by atoms with Gasteiger partial charge >= 0.3 is 5.97 Å². The topological polar surface area (TPSA) is 83.5 Å². The normalized spacial score (nSPS) is 11.2. The molecule has 0 spiro atoms. The standard InChI is InChI=1S/C30H20Br2ClN3O3/c1-17-8-7-12-22-25(18-9-3-2-4-10-18)27(35-26(17)22)29(37)36-34-16-19-14-20(31)15-23(32)28(19)39-30(38)21-11-5-6-13-24(21)33/h2-16,35H,1H3,(H,36,37). The van der Waals surface area contributed by atoms with Crippen LogP contribution in [-0.4, -0.2) is 23.1 Å². The van der Waals surface area contributed by atoms with E-state index in [1.165, 1.54) is 6.21 Å². The minimum Gasteiger partial charge on any atom is -0.421 e. The molecule has 0 saturated heterocycles. The second kappa shape index (κ2) is 11.6. The van der Waals surface area contributed by atoms with Crippen molar-refractivity contribution in [1.82, 2.24) is 10.4 Å². The number of aryl methyl sites for hydroxylation is 1. The maximum absolute atomic E-state index is 13.4. The number of amides is 1. The fraction of sp³-hybridized carbons (Fsp3) is 0.0333. The molecule has 5 aromatic rings. The van der Waals surface area contributed by atoms with Crippen LogP contribution in [0, 0.1) is 6.92 Å². The van der Waals surface area contributed by atoms with Crippen LogP contribution in [0.3, 0.4) is 0 Å². The Morgan fingerprint density at radius 2 is 1.72 bits per heavy atom. The molecule has 1 heterocycles. The van der Waals surface area contributed by atoms with Gasteiger partial charge in [-0.25, -0.2) is 10.2 Å². The van der Waals surface area contributed by atoms with Crippen molar-refractivity contribution in [2.75, 3.05) is 0 Å². The maximum atomic E-state index is 13.4. The first-order chi connectivity index (χ1) is 18.8. The Kier molecular flexibility index (Phi) is 7.97. The summed E-state index contributed by atoms with van der Waals surface area (Å²) in [5, 5.41) is 5.41. The SMILES string of the molecule is Cc1cccc2c(-c3ccccc3)c(C(=O)NN=Cc3cc(Br)cc(Br)c3OC(=O)c3ccccc3Cl)[nH]c12. The van der Waals surface area contributed by atoms with E-state index >= 15 is 0 Å². The average molecular weight is 666 g/mol. The van der Waals surface area contributed by atoms with Crippen molar-refractivity contribution in [3.63, 3.8) is 0 Å². The number of nitrogens with zero attached hydrogens (tertiary/aromatic N) is 1. The smallest absolute Gasteiger partial charge is 0.345 e. The number of halogens is 3. The van der Waals surface area contributed by atoms with Crippen LogP contribution in [0.5, 0.6) is 5.75 Å². The highest BCUT2D eigenvalue weighted by Crippen LogP contribution is 2.35. The van der Waals surface area contributed by atoms with Gasteiger partial charge in [-0.1, -0.05) is 88.2 Å². The Balaban J connectivity index is 1.45. The summed E-state index contributed by atoms with van der Waals surface area (Å²) in [5.41, 5.74) is 7.29. The molecule has 1 aromatic heterocycles. The molecule has 1 amide bonds. The monoisotopic (exact) mass is 663 g/mol. The molecule has 0 bridgehead atoms. The van der Waals surface area contributed by atoms with Crippen LogP contribution in [0.15, 0.2) is 99.0 Å². The van der Waals surface area contributed by atoms with E-state index in [4.69, 9.17) is 16.3 Å². The quantitative estimate of drug-likeness (QED) is 0.0829. The van der Waals surface area contributed by atoms with Gasteiger partial charge in [0.2, 0.25) is 0 Å². The second-order valence-corrected chi connectivity index (χ2v) is 10.8. The number of para-hydroxylation sites is 1. The van der Waals surface area contributed by atoms with Gasteiger partial charge in [0.25, 0.3) is 5.91 Å². The summed E-state index contributed by atoms with van der Waals surface area (Å²) in [4.78, 5) is 29.4. The van der Waals surface area contributed by atoms with Crippen LogP contribution in [0.25, 0.3) is 22.0 Å². The fourth-order valence-corrected chi connectivity index (χ4v) is 5.77. The summed E-state index contributed by atoms with van der Waals surface area (Å²) < 4.78 is 6.90. The highest BCUT2D eigenvalue weighted by molar-refractivity contribution is 9.11. The molecule has 0 unspecified atom stereocenters. The number of benzene rings is 4. The fourth-order valence-electron chi connectivity index (χ4n) is 4.21. The number of aromatic nitrogens is 1. The zero-order valence-electron chi connectivity index (χ0n) is 20.5. The first-order valence-electron chi connectivity index (χ1n) is 11.8.